The highest BCUT2D eigenvalue weighted by Gasteiger charge is 2.42. The van der Waals surface area contributed by atoms with Gasteiger partial charge in [-0.05, 0) is 6.42 Å². The summed E-state index contributed by atoms with van der Waals surface area (Å²) in [4.78, 5) is 3.87. The molecule has 0 fully saturated rings. The number of thiazole rings is 1. The molecule has 0 unspecified atom stereocenters. The smallest absolute Gasteiger partial charge is 0.284 e. The zero-order chi connectivity index (χ0) is 8.06. The summed E-state index contributed by atoms with van der Waals surface area (Å²) in [5.74, 6) is -2.68. The highest BCUT2D eigenvalue weighted by atomic mass is 32.1. The van der Waals surface area contributed by atoms with E-state index in [9.17, 15) is 8.78 Å². The third-order valence-corrected chi connectivity index (χ3v) is 2.76. The van der Waals surface area contributed by atoms with E-state index < -0.39 is 5.92 Å². The number of anilines is 1. The molecule has 0 aliphatic heterocycles. The number of nitrogens with two attached hydrogens (primary N) is 1. The first-order chi connectivity index (χ1) is 5.09. The van der Waals surface area contributed by atoms with Crippen molar-refractivity contribution >= 4 is 16.5 Å². The topological polar surface area (TPSA) is 38.9 Å². The van der Waals surface area contributed by atoms with Gasteiger partial charge in [0.05, 0.1) is 10.6 Å². The van der Waals surface area contributed by atoms with Crippen molar-refractivity contribution in [2.75, 3.05) is 5.73 Å². The van der Waals surface area contributed by atoms with Crippen LogP contribution >= 0.6 is 11.3 Å². The second-order valence-corrected chi connectivity index (χ2v) is 3.56. The van der Waals surface area contributed by atoms with E-state index in [1.807, 2.05) is 0 Å². The standard InChI is InChI=1S/C6H6F2N2S/c7-6(8)2-1-3-4(6)11-5(9)10-3/h1-2H2,(H2,9,10). The van der Waals surface area contributed by atoms with Crippen molar-refractivity contribution in [3.05, 3.63) is 10.6 Å². The lowest BCUT2D eigenvalue weighted by atomic mass is 10.3. The fraction of sp³-hybridized carbons (Fsp3) is 0.500. The van der Waals surface area contributed by atoms with Gasteiger partial charge in [-0.2, -0.15) is 0 Å². The van der Waals surface area contributed by atoms with Gasteiger partial charge in [-0.25, -0.2) is 13.8 Å². The maximum absolute atomic E-state index is 12.9. The van der Waals surface area contributed by atoms with Gasteiger partial charge in [-0.3, -0.25) is 0 Å². The van der Waals surface area contributed by atoms with Gasteiger partial charge in [0, 0.05) is 6.42 Å². The van der Waals surface area contributed by atoms with Crippen LogP contribution in [0.1, 0.15) is 17.0 Å². The Balaban J connectivity index is 2.54. The molecule has 1 aliphatic carbocycles. The van der Waals surface area contributed by atoms with Crippen LogP contribution in [0.3, 0.4) is 0 Å². The Labute approximate surface area is 66.1 Å². The number of nitrogens with zero attached hydrogens (tertiary/aromatic N) is 1. The van der Waals surface area contributed by atoms with Crippen LogP contribution in [0.2, 0.25) is 0 Å². The summed E-state index contributed by atoms with van der Waals surface area (Å²) in [6.45, 7) is 0. The van der Waals surface area contributed by atoms with Crippen molar-refractivity contribution in [3.8, 4) is 0 Å². The zero-order valence-electron chi connectivity index (χ0n) is 5.60. The molecule has 0 bridgehead atoms. The largest absolute Gasteiger partial charge is 0.375 e. The average molecular weight is 176 g/mol. The number of alkyl halides is 2. The lowest BCUT2D eigenvalue weighted by Gasteiger charge is -2.04. The van der Waals surface area contributed by atoms with Gasteiger partial charge in [0.1, 0.15) is 0 Å². The molecule has 1 aromatic heterocycles. The van der Waals surface area contributed by atoms with Crippen LogP contribution < -0.4 is 5.73 Å². The van der Waals surface area contributed by atoms with Gasteiger partial charge in [0.15, 0.2) is 5.13 Å². The monoisotopic (exact) mass is 176 g/mol. The van der Waals surface area contributed by atoms with Crippen LogP contribution in [0.25, 0.3) is 0 Å². The van der Waals surface area contributed by atoms with Crippen molar-refractivity contribution in [1.29, 1.82) is 0 Å². The summed E-state index contributed by atoms with van der Waals surface area (Å²) >= 11 is 0.900. The summed E-state index contributed by atoms with van der Waals surface area (Å²) in [5, 5.41) is 0.245. The molecule has 5 heteroatoms. The molecule has 0 atom stereocenters. The molecule has 2 nitrogen and oxygen atoms in total. The second kappa shape index (κ2) is 1.91. The second-order valence-electron chi connectivity index (χ2n) is 2.53. The van der Waals surface area contributed by atoms with Crippen molar-refractivity contribution in [2.45, 2.75) is 18.8 Å². The molecule has 2 N–H and O–H groups in total. The molecule has 1 heterocycles. The molecule has 0 saturated carbocycles. The number of halogens is 2. The van der Waals surface area contributed by atoms with E-state index in [0.29, 0.717) is 12.1 Å². The molecule has 0 aromatic carbocycles. The van der Waals surface area contributed by atoms with Crippen LogP contribution in [0.15, 0.2) is 0 Å². The van der Waals surface area contributed by atoms with Gasteiger partial charge in [0.2, 0.25) is 0 Å². The van der Waals surface area contributed by atoms with E-state index in [4.69, 9.17) is 5.73 Å². The first-order valence-electron chi connectivity index (χ1n) is 3.23. The Hall–Kier alpha value is -0.710. The lowest BCUT2D eigenvalue weighted by molar-refractivity contribution is 0.00161. The van der Waals surface area contributed by atoms with Gasteiger partial charge in [0.25, 0.3) is 5.92 Å². The Morgan fingerprint density at radius 3 is 2.91 bits per heavy atom. The fourth-order valence-electron chi connectivity index (χ4n) is 1.21. The van der Waals surface area contributed by atoms with Crippen LogP contribution in [-0.4, -0.2) is 4.98 Å². The minimum atomic E-state index is -2.68. The normalized spacial score (nSPS) is 20.2. The van der Waals surface area contributed by atoms with Crippen LogP contribution in [0.5, 0.6) is 0 Å². The molecular weight excluding hydrogens is 170 g/mol. The molecule has 0 saturated heterocycles. The molecule has 1 aliphatic rings. The van der Waals surface area contributed by atoms with E-state index in [1.54, 1.807) is 0 Å². The molecule has 0 radical (unpaired) electrons. The third-order valence-electron chi connectivity index (χ3n) is 1.72. The molecule has 60 valence electrons. The molecular formula is C6H6F2N2S. The van der Waals surface area contributed by atoms with Crippen LogP contribution in [-0.2, 0) is 12.3 Å². The summed E-state index contributed by atoms with van der Waals surface area (Å²) < 4.78 is 25.7. The summed E-state index contributed by atoms with van der Waals surface area (Å²) in [6.07, 6.45) is 0.248. The number of rotatable bonds is 0. The van der Waals surface area contributed by atoms with E-state index in [0.717, 1.165) is 11.3 Å². The molecule has 0 amide bonds. The zero-order valence-corrected chi connectivity index (χ0v) is 6.42. The highest BCUT2D eigenvalue weighted by Crippen LogP contribution is 2.45. The Kier molecular flexibility index (Phi) is 1.21. The van der Waals surface area contributed by atoms with Gasteiger partial charge in [-0.15, -0.1) is 0 Å². The maximum Gasteiger partial charge on any atom is 0.284 e. The van der Waals surface area contributed by atoms with E-state index >= 15 is 0 Å². The van der Waals surface area contributed by atoms with Crippen LogP contribution in [0.4, 0.5) is 13.9 Å². The average Bonchev–Trinajstić information content (AvgIpc) is 2.35. The summed E-state index contributed by atoms with van der Waals surface area (Å²) in [7, 11) is 0. The number of hydrogen-bond acceptors (Lipinski definition) is 3. The molecule has 2 rings (SSSR count). The van der Waals surface area contributed by atoms with E-state index in [-0.39, 0.29) is 16.4 Å². The maximum atomic E-state index is 12.9. The first kappa shape index (κ1) is 6.97. The third kappa shape index (κ3) is 0.910. The van der Waals surface area contributed by atoms with Crippen molar-refractivity contribution in [1.82, 2.24) is 4.98 Å². The number of aromatic nitrogens is 1. The summed E-state index contributed by atoms with van der Waals surface area (Å²) in [5.41, 5.74) is 5.77. The van der Waals surface area contributed by atoms with E-state index in [1.165, 1.54) is 0 Å². The van der Waals surface area contributed by atoms with Crippen LogP contribution in [0, 0.1) is 0 Å². The van der Waals surface area contributed by atoms with Gasteiger partial charge in [-0.1, -0.05) is 11.3 Å². The number of aryl methyl sites for hydroxylation is 1. The highest BCUT2D eigenvalue weighted by molar-refractivity contribution is 7.15. The van der Waals surface area contributed by atoms with E-state index in [2.05, 4.69) is 4.98 Å². The predicted octanol–water partition coefficient (Wildman–Crippen LogP) is 1.76. The lowest BCUT2D eigenvalue weighted by Crippen LogP contribution is -2.05. The SMILES string of the molecule is Nc1nc2c(s1)C(F)(F)CC2. The predicted molar refractivity (Wildman–Crippen MR) is 38.7 cm³/mol. The molecule has 1 aromatic rings. The minimum Gasteiger partial charge on any atom is -0.375 e. The first-order valence-corrected chi connectivity index (χ1v) is 4.05. The molecule has 0 spiro atoms. The Morgan fingerprint density at radius 1 is 1.55 bits per heavy atom. The quantitative estimate of drug-likeness (QED) is 0.654. The van der Waals surface area contributed by atoms with Crippen molar-refractivity contribution in [2.24, 2.45) is 0 Å². The van der Waals surface area contributed by atoms with Gasteiger partial charge >= 0.3 is 0 Å². The number of fused-ring (bicyclic) bond motifs is 1. The number of nitrogen functional groups attached to an aromatic ring is 1. The Bertz CT molecular complexity index is 295. The fourth-order valence-corrected chi connectivity index (χ4v) is 2.10. The molecule has 11 heavy (non-hydrogen) atoms. The van der Waals surface area contributed by atoms with Gasteiger partial charge < -0.3 is 5.73 Å². The minimum absolute atomic E-state index is 0.0648. The van der Waals surface area contributed by atoms with Crippen molar-refractivity contribution in [3.63, 3.8) is 0 Å². The summed E-state index contributed by atoms with van der Waals surface area (Å²) in [6, 6.07) is 0. The van der Waals surface area contributed by atoms with Crippen molar-refractivity contribution < 1.29 is 8.78 Å². The number of hydrogen-bond donors (Lipinski definition) is 1. The Morgan fingerprint density at radius 2 is 2.27 bits per heavy atom.